The lowest BCUT2D eigenvalue weighted by Crippen LogP contribution is -2.30. The molecular formula is C20H26F3NO3. The summed E-state index contributed by atoms with van der Waals surface area (Å²) in [6.45, 7) is 7.89. The second kappa shape index (κ2) is 7.92. The van der Waals surface area contributed by atoms with Crippen LogP contribution in [-0.4, -0.2) is 16.3 Å². The minimum atomic E-state index is -4.53. The zero-order valence-corrected chi connectivity index (χ0v) is 16.1. The van der Waals surface area contributed by atoms with Gasteiger partial charge in [-0.3, -0.25) is 4.79 Å². The van der Waals surface area contributed by atoms with Crippen LogP contribution in [0.4, 0.5) is 13.2 Å². The average molecular weight is 385 g/mol. The van der Waals surface area contributed by atoms with Gasteiger partial charge in [0.05, 0.1) is 29.9 Å². The van der Waals surface area contributed by atoms with Crippen molar-refractivity contribution in [3.8, 4) is 5.75 Å². The van der Waals surface area contributed by atoms with Gasteiger partial charge in [-0.1, -0.05) is 34.1 Å². The van der Waals surface area contributed by atoms with Gasteiger partial charge in [-0.15, -0.1) is 0 Å². The Kier molecular flexibility index (Phi) is 6.24. The molecule has 0 amide bonds. The lowest BCUT2D eigenvalue weighted by atomic mass is 9.96. The van der Waals surface area contributed by atoms with Gasteiger partial charge >= 0.3 is 6.18 Å². The first-order valence-electron chi connectivity index (χ1n) is 9.00. The van der Waals surface area contributed by atoms with Crippen molar-refractivity contribution in [3.05, 3.63) is 39.8 Å². The van der Waals surface area contributed by atoms with Gasteiger partial charge in [0.25, 0.3) is 5.56 Å². The highest BCUT2D eigenvalue weighted by Crippen LogP contribution is 2.35. The van der Waals surface area contributed by atoms with Gasteiger partial charge in [0.2, 0.25) is 0 Å². The van der Waals surface area contributed by atoms with Crippen LogP contribution in [0.25, 0.3) is 10.8 Å². The van der Waals surface area contributed by atoms with Crippen molar-refractivity contribution in [1.29, 1.82) is 0 Å². The predicted molar refractivity (Wildman–Crippen MR) is 99.0 cm³/mol. The molecule has 1 aromatic heterocycles. The predicted octanol–water partition coefficient (Wildman–Crippen LogP) is 4.74. The van der Waals surface area contributed by atoms with Crippen LogP contribution in [0.2, 0.25) is 0 Å². The van der Waals surface area contributed by atoms with Gasteiger partial charge in [-0.2, -0.15) is 13.2 Å². The van der Waals surface area contributed by atoms with Crippen LogP contribution in [0.5, 0.6) is 5.75 Å². The van der Waals surface area contributed by atoms with Gasteiger partial charge in [-0.25, -0.2) is 0 Å². The van der Waals surface area contributed by atoms with E-state index in [2.05, 4.69) is 0 Å². The molecule has 0 fully saturated rings. The lowest BCUT2D eigenvalue weighted by Gasteiger charge is -2.25. The molecule has 7 heteroatoms. The number of pyridine rings is 1. The molecule has 0 saturated carbocycles. The van der Waals surface area contributed by atoms with Crippen molar-refractivity contribution in [1.82, 2.24) is 4.57 Å². The Bertz CT molecular complexity index is 864. The number of aliphatic hydroxyl groups is 1. The minimum Gasteiger partial charge on any atom is -0.491 e. The van der Waals surface area contributed by atoms with Crippen molar-refractivity contribution in [2.75, 3.05) is 6.61 Å². The summed E-state index contributed by atoms with van der Waals surface area (Å²) < 4.78 is 46.7. The molecule has 2 aromatic rings. The molecular weight excluding hydrogens is 359 g/mol. The van der Waals surface area contributed by atoms with E-state index in [-0.39, 0.29) is 27.6 Å². The van der Waals surface area contributed by atoms with E-state index in [1.807, 2.05) is 27.7 Å². The largest absolute Gasteiger partial charge is 0.491 e. The zero-order valence-electron chi connectivity index (χ0n) is 16.1. The number of ether oxygens (including phenoxy) is 1. The Labute approximate surface area is 156 Å². The fourth-order valence-corrected chi connectivity index (χ4v) is 2.92. The standard InChI is InChI=1S/C20H26F3NO3/c1-5-6-9-27-17-15-10-13(20(21,22)23)7-8-14(15)18(26)24(16(17)11-25)12-19(2,3)4/h7-8,10,25H,5-6,9,11-12H2,1-4H3. The summed E-state index contributed by atoms with van der Waals surface area (Å²) in [5.74, 6) is 0.149. The SMILES string of the molecule is CCCCOc1c(CO)n(CC(C)(C)C)c(=O)c2ccc(C(F)(F)F)cc12. The number of hydrogen-bond donors (Lipinski definition) is 1. The first kappa shape index (κ1) is 21.3. The van der Waals surface area contributed by atoms with Gasteiger partial charge in [0.15, 0.2) is 0 Å². The second-order valence-electron chi connectivity index (χ2n) is 7.85. The Morgan fingerprint density at radius 2 is 1.81 bits per heavy atom. The molecule has 2 rings (SSSR count). The van der Waals surface area contributed by atoms with Crippen molar-refractivity contribution < 1.29 is 23.0 Å². The van der Waals surface area contributed by atoms with Crippen molar-refractivity contribution in [3.63, 3.8) is 0 Å². The van der Waals surface area contributed by atoms with Crippen LogP contribution in [-0.2, 0) is 19.3 Å². The van der Waals surface area contributed by atoms with E-state index in [1.54, 1.807) is 0 Å². The summed E-state index contributed by atoms with van der Waals surface area (Å²) in [4.78, 5) is 12.9. The van der Waals surface area contributed by atoms with E-state index in [1.165, 1.54) is 10.6 Å². The molecule has 0 unspecified atom stereocenters. The molecule has 0 aliphatic rings. The fourth-order valence-electron chi connectivity index (χ4n) is 2.92. The third kappa shape index (κ3) is 4.83. The van der Waals surface area contributed by atoms with Crippen LogP contribution in [0.1, 0.15) is 51.8 Å². The third-order valence-electron chi connectivity index (χ3n) is 4.18. The quantitative estimate of drug-likeness (QED) is 0.731. The molecule has 0 spiro atoms. The summed E-state index contributed by atoms with van der Waals surface area (Å²) in [6, 6.07) is 3.02. The lowest BCUT2D eigenvalue weighted by molar-refractivity contribution is -0.137. The highest BCUT2D eigenvalue weighted by atomic mass is 19.4. The molecule has 150 valence electrons. The molecule has 27 heavy (non-hydrogen) atoms. The van der Waals surface area contributed by atoms with Crippen LogP contribution < -0.4 is 10.3 Å². The molecule has 0 atom stereocenters. The van der Waals surface area contributed by atoms with Crippen molar-refractivity contribution >= 4 is 10.8 Å². The van der Waals surface area contributed by atoms with E-state index in [9.17, 15) is 23.1 Å². The van der Waals surface area contributed by atoms with E-state index in [4.69, 9.17) is 4.74 Å². The summed E-state index contributed by atoms with van der Waals surface area (Å²) >= 11 is 0. The molecule has 1 aromatic carbocycles. The van der Waals surface area contributed by atoms with E-state index >= 15 is 0 Å². The van der Waals surface area contributed by atoms with E-state index < -0.39 is 23.9 Å². The summed E-state index contributed by atoms with van der Waals surface area (Å²) in [7, 11) is 0. The molecule has 0 aliphatic heterocycles. The topological polar surface area (TPSA) is 51.5 Å². The number of alkyl halides is 3. The van der Waals surface area contributed by atoms with Gasteiger partial charge in [0.1, 0.15) is 5.75 Å². The molecule has 0 saturated heterocycles. The van der Waals surface area contributed by atoms with Gasteiger partial charge in [-0.05, 0) is 30.0 Å². The number of aromatic nitrogens is 1. The number of unbranched alkanes of at least 4 members (excludes halogenated alkanes) is 1. The third-order valence-corrected chi connectivity index (χ3v) is 4.18. The van der Waals surface area contributed by atoms with Crippen molar-refractivity contribution in [2.24, 2.45) is 5.41 Å². The molecule has 0 aliphatic carbocycles. The smallest absolute Gasteiger partial charge is 0.416 e. The van der Waals surface area contributed by atoms with E-state index in [0.29, 0.717) is 19.6 Å². The molecule has 1 heterocycles. The monoisotopic (exact) mass is 385 g/mol. The zero-order chi connectivity index (χ0) is 20.4. The number of fused-ring (bicyclic) bond motifs is 1. The summed E-state index contributed by atoms with van der Waals surface area (Å²) in [5.41, 5.74) is -1.35. The van der Waals surface area contributed by atoms with Gasteiger partial charge < -0.3 is 14.4 Å². The van der Waals surface area contributed by atoms with E-state index in [0.717, 1.165) is 18.6 Å². The molecule has 0 bridgehead atoms. The highest BCUT2D eigenvalue weighted by molar-refractivity contribution is 5.89. The first-order valence-corrected chi connectivity index (χ1v) is 9.00. The Hall–Kier alpha value is -2.02. The maximum Gasteiger partial charge on any atom is 0.416 e. The summed E-state index contributed by atoms with van der Waals surface area (Å²) in [5, 5.41) is 10.1. The highest BCUT2D eigenvalue weighted by Gasteiger charge is 2.32. The summed E-state index contributed by atoms with van der Waals surface area (Å²) in [6.07, 6.45) is -2.97. The Balaban J connectivity index is 2.81. The van der Waals surface area contributed by atoms with Crippen LogP contribution in [0.3, 0.4) is 0 Å². The maximum absolute atomic E-state index is 13.2. The number of benzene rings is 1. The normalized spacial score (nSPS) is 12.6. The second-order valence-corrected chi connectivity index (χ2v) is 7.85. The maximum atomic E-state index is 13.2. The number of nitrogens with zero attached hydrogens (tertiary/aromatic N) is 1. The number of aliphatic hydroxyl groups excluding tert-OH is 1. The average Bonchev–Trinajstić information content (AvgIpc) is 2.56. The minimum absolute atomic E-state index is 0.0835. The van der Waals surface area contributed by atoms with Crippen molar-refractivity contribution in [2.45, 2.75) is 59.9 Å². The number of rotatable bonds is 6. The van der Waals surface area contributed by atoms with Crippen LogP contribution in [0, 0.1) is 5.41 Å². The molecule has 0 radical (unpaired) electrons. The fraction of sp³-hybridized carbons (Fsp3) is 0.550. The van der Waals surface area contributed by atoms with Gasteiger partial charge in [0, 0.05) is 11.9 Å². The number of hydrogen-bond acceptors (Lipinski definition) is 3. The Morgan fingerprint density at radius 3 is 2.33 bits per heavy atom. The van der Waals surface area contributed by atoms with Crippen LogP contribution in [0.15, 0.2) is 23.0 Å². The molecule has 4 nitrogen and oxygen atoms in total. The molecule has 1 N–H and O–H groups in total. The first-order chi connectivity index (χ1) is 12.5. The Morgan fingerprint density at radius 1 is 1.15 bits per heavy atom. The number of halogens is 3. The van der Waals surface area contributed by atoms with Crippen LogP contribution >= 0.6 is 0 Å².